The lowest BCUT2D eigenvalue weighted by Gasteiger charge is -2.39. The summed E-state index contributed by atoms with van der Waals surface area (Å²) in [4.78, 5) is 23.3. The van der Waals surface area contributed by atoms with Gasteiger partial charge in [0, 0.05) is 19.4 Å². The number of esters is 1. The molecule has 3 fully saturated rings. The van der Waals surface area contributed by atoms with Crippen molar-refractivity contribution in [2.45, 2.75) is 109 Å². The van der Waals surface area contributed by atoms with Crippen molar-refractivity contribution >= 4 is 11.9 Å². The molecule has 3 saturated heterocycles. The van der Waals surface area contributed by atoms with E-state index >= 15 is 0 Å². The van der Waals surface area contributed by atoms with Crippen LogP contribution in [0.5, 0.6) is 0 Å². The normalized spacial score (nSPS) is 38.6. The van der Waals surface area contributed by atoms with E-state index in [9.17, 15) is 14.7 Å². The topological polar surface area (TPSA) is 107 Å². The summed E-state index contributed by atoms with van der Waals surface area (Å²) in [6.45, 7) is 11.8. The number of amides is 1. The van der Waals surface area contributed by atoms with Crippen molar-refractivity contribution in [3.63, 3.8) is 0 Å². The van der Waals surface area contributed by atoms with Gasteiger partial charge in [-0.3, -0.25) is 9.59 Å². The van der Waals surface area contributed by atoms with Crippen molar-refractivity contribution in [3.8, 4) is 0 Å². The first kappa shape index (κ1) is 27.6. The summed E-state index contributed by atoms with van der Waals surface area (Å²) >= 11 is 0. The van der Waals surface area contributed by atoms with Crippen molar-refractivity contribution in [2.75, 3.05) is 6.61 Å². The Morgan fingerprint density at radius 2 is 1.91 bits per heavy atom. The molecule has 0 aromatic rings. The molecule has 3 aliphatic rings. The molecule has 196 valence electrons. The van der Waals surface area contributed by atoms with E-state index in [-0.39, 0.29) is 48.3 Å². The quantitative estimate of drug-likeness (QED) is 0.233. The lowest BCUT2D eigenvalue weighted by molar-refractivity contribution is -0.143. The van der Waals surface area contributed by atoms with E-state index in [2.05, 4.69) is 18.3 Å². The first-order chi connectivity index (χ1) is 16.5. The van der Waals surface area contributed by atoms with Crippen LogP contribution in [-0.2, 0) is 28.5 Å². The Morgan fingerprint density at radius 3 is 2.57 bits per heavy atom. The van der Waals surface area contributed by atoms with Crippen LogP contribution < -0.4 is 5.32 Å². The Hall–Kier alpha value is -2.00. The fraction of sp³-hybridized carbons (Fsp3) is 0.704. The summed E-state index contributed by atoms with van der Waals surface area (Å²) in [6.07, 6.45) is 9.86. The van der Waals surface area contributed by atoms with Crippen LogP contribution in [0.3, 0.4) is 0 Å². The second kappa shape index (κ2) is 11.8. The van der Waals surface area contributed by atoms with E-state index in [0.29, 0.717) is 6.61 Å². The molecule has 9 atom stereocenters. The number of hydrogen-bond acceptors (Lipinski definition) is 7. The Balaban J connectivity index is 1.47. The van der Waals surface area contributed by atoms with Gasteiger partial charge >= 0.3 is 5.97 Å². The summed E-state index contributed by atoms with van der Waals surface area (Å²) < 4.78 is 22.7. The molecule has 2 N–H and O–H groups in total. The number of aliphatic hydroxyl groups is 1. The van der Waals surface area contributed by atoms with Gasteiger partial charge in [-0.15, -0.1) is 0 Å². The average Bonchev–Trinajstić information content (AvgIpc) is 3.54. The van der Waals surface area contributed by atoms with Crippen molar-refractivity contribution < 1.29 is 33.6 Å². The third kappa shape index (κ3) is 7.74. The number of carbonyl (C=O) groups is 2. The highest BCUT2D eigenvalue weighted by molar-refractivity contribution is 5.87. The molecule has 0 aromatic carbocycles. The second-order valence-corrected chi connectivity index (χ2v) is 10.3. The van der Waals surface area contributed by atoms with Gasteiger partial charge in [-0.05, 0) is 52.5 Å². The molecular weight excluding hydrogens is 450 g/mol. The predicted octanol–water partition coefficient (Wildman–Crippen LogP) is 2.99. The summed E-state index contributed by atoms with van der Waals surface area (Å²) in [5.41, 5.74) is 0.657. The summed E-state index contributed by atoms with van der Waals surface area (Å²) in [5, 5.41) is 13.6. The molecular formula is C27H41NO7. The van der Waals surface area contributed by atoms with Gasteiger partial charge in [0.15, 0.2) is 0 Å². The molecule has 3 aliphatic heterocycles. The maximum atomic E-state index is 12.3. The fourth-order valence-corrected chi connectivity index (χ4v) is 4.91. The van der Waals surface area contributed by atoms with E-state index in [4.69, 9.17) is 18.9 Å². The molecule has 0 unspecified atom stereocenters. The standard InChI is InChI=1S/C27H41NO7/c1-16(8-11-24-26(31)27(15-32-27)14-19(4)34-24)7-10-23-17(2)13-22(20(5)35-23)28-25(30)12-9-18(3)33-21(6)29/h7-9,11-12,17-20,22-24,26,31H,10,13-15H2,1-6H3,(H,28,30)/b11-8+,12-9-,16-7+/t17-,18-,19-,20+,22+,23-,24+,26+,27-/m0/s1. The number of nitrogens with one attached hydrogen (secondary N) is 1. The third-order valence-corrected chi connectivity index (χ3v) is 7.02. The zero-order valence-corrected chi connectivity index (χ0v) is 21.7. The maximum Gasteiger partial charge on any atom is 0.303 e. The van der Waals surface area contributed by atoms with Gasteiger partial charge in [-0.2, -0.15) is 0 Å². The summed E-state index contributed by atoms with van der Waals surface area (Å²) in [6, 6.07) is -0.0868. The number of epoxide rings is 1. The first-order valence-corrected chi connectivity index (χ1v) is 12.6. The highest BCUT2D eigenvalue weighted by atomic mass is 16.6. The van der Waals surface area contributed by atoms with Crippen LogP contribution in [0.1, 0.15) is 60.8 Å². The van der Waals surface area contributed by atoms with Crippen LogP contribution >= 0.6 is 0 Å². The minimum atomic E-state index is -0.642. The minimum Gasteiger partial charge on any atom is -0.459 e. The van der Waals surface area contributed by atoms with E-state index in [0.717, 1.165) is 24.8 Å². The Labute approximate surface area is 208 Å². The van der Waals surface area contributed by atoms with Crippen LogP contribution in [0.4, 0.5) is 0 Å². The zero-order valence-electron chi connectivity index (χ0n) is 21.7. The third-order valence-electron chi connectivity index (χ3n) is 7.02. The zero-order chi connectivity index (χ0) is 25.8. The minimum absolute atomic E-state index is 0.0546. The van der Waals surface area contributed by atoms with Crippen molar-refractivity contribution in [1.29, 1.82) is 0 Å². The smallest absolute Gasteiger partial charge is 0.303 e. The number of allylic oxidation sites excluding steroid dienone is 2. The second-order valence-electron chi connectivity index (χ2n) is 10.3. The molecule has 0 radical (unpaired) electrons. The van der Waals surface area contributed by atoms with Gasteiger partial charge in [-0.25, -0.2) is 0 Å². The number of ether oxygens (including phenoxy) is 4. The van der Waals surface area contributed by atoms with Gasteiger partial charge in [0.2, 0.25) is 5.91 Å². The van der Waals surface area contributed by atoms with E-state index in [1.165, 1.54) is 13.0 Å². The predicted molar refractivity (Wildman–Crippen MR) is 132 cm³/mol. The monoisotopic (exact) mass is 491 g/mol. The molecule has 0 saturated carbocycles. The number of hydrogen-bond donors (Lipinski definition) is 2. The SMILES string of the molecule is CC(=O)O[C@@H](C)/C=C\C(=O)N[C@@H]1C[C@H](C)[C@H](C/C=C(C)/C=C/[C@H]2O[C@@H](C)C[C@]3(CO3)[C@@H]2O)O[C@@H]1C. The Bertz CT molecular complexity index is 846. The fourth-order valence-electron chi connectivity index (χ4n) is 4.91. The molecule has 3 rings (SSSR count). The van der Waals surface area contributed by atoms with Crippen molar-refractivity contribution in [1.82, 2.24) is 5.32 Å². The molecule has 3 heterocycles. The van der Waals surface area contributed by atoms with Gasteiger partial charge < -0.3 is 29.4 Å². The lowest BCUT2D eigenvalue weighted by atomic mass is 9.87. The summed E-state index contributed by atoms with van der Waals surface area (Å²) in [5.74, 6) is -0.340. The van der Waals surface area contributed by atoms with Crippen LogP contribution in [-0.4, -0.2) is 71.9 Å². The highest BCUT2D eigenvalue weighted by Gasteiger charge is 2.57. The van der Waals surface area contributed by atoms with Crippen LogP contribution in [0, 0.1) is 5.92 Å². The molecule has 35 heavy (non-hydrogen) atoms. The Kier molecular flexibility index (Phi) is 9.32. The molecule has 0 aliphatic carbocycles. The van der Waals surface area contributed by atoms with Crippen molar-refractivity contribution in [3.05, 3.63) is 36.0 Å². The van der Waals surface area contributed by atoms with Crippen LogP contribution in [0.25, 0.3) is 0 Å². The summed E-state index contributed by atoms with van der Waals surface area (Å²) in [7, 11) is 0. The molecule has 0 aromatic heterocycles. The molecule has 1 amide bonds. The van der Waals surface area contributed by atoms with Gasteiger partial charge in [0.25, 0.3) is 0 Å². The molecule has 8 heteroatoms. The largest absolute Gasteiger partial charge is 0.459 e. The van der Waals surface area contributed by atoms with Crippen LogP contribution in [0.15, 0.2) is 36.0 Å². The number of rotatable bonds is 8. The Morgan fingerprint density at radius 1 is 1.20 bits per heavy atom. The number of aliphatic hydroxyl groups excluding tert-OH is 1. The average molecular weight is 492 g/mol. The van der Waals surface area contributed by atoms with Gasteiger partial charge in [0.1, 0.15) is 23.9 Å². The van der Waals surface area contributed by atoms with E-state index in [1.807, 2.05) is 32.9 Å². The van der Waals surface area contributed by atoms with E-state index < -0.39 is 17.8 Å². The lowest BCUT2D eigenvalue weighted by Crippen LogP contribution is -2.50. The highest BCUT2D eigenvalue weighted by Crippen LogP contribution is 2.42. The van der Waals surface area contributed by atoms with Crippen LogP contribution in [0.2, 0.25) is 0 Å². The maximum absolute atomic E-state index is 12.3. The van der Waals surface area contributed by atoms with Gasteiger partial charge in [-0.1, -0.05) is 30.7 Å². The van der Waals surface area contributed by atoms with E-state index in [1.54, 1.807) is 13.0 Å². The van der Waals surface area contributed by atoms with Crippen molar-refractivity contribution in [2.24, 2.45) is 5.92 Å². The first-order valence-electron chi connectivity index (χ1n) is 12.6. The molecule has 1 spiro atoms. The molecule has 0 bridgehead atoms. The van der Waals surface area contributed by atoms with Gasteiger partial charge in [0.05, 0.1) is 31.0 Å². The number of carbonyl (C=O) groups excluding carboxylic acids is 2. The molecule has 8 nitrogen and oxygen atoms in total.